The third-order valence-corrected chi connectivity index (χ3v) is 5.53. The Morgan fingerprint density at radius 3 is 2.00 bits per heavy atom. The first-order valence-electron chi connectivity index (χ1n) is 9.98. The lowest BCUT2D eigenvalue weighted by atomic mass is 10.2. The van der Waals surface area contributed by atoms with Crippen LogP contribution in [-0.2, 0) is 24.3 Å². The number of fused-ring (bicyclic) bond motifs is 4. The second kappa shape index (κ2) is 7.31. The fourth-order valence-corrected chi connectivity index (χ4v) is 4.30. The molecule has 5 aromatic rings. The molecule has 6 heteroatoms. The maximum absolute atomic E-state index is 11.5. The van der Waals surface area contributed by atoms with Gasteiger partial charge in [0.05, 0.1) is 36.6 Å². The van der Waals surface area contributed by atoms with Crippen molar-refractivity contribution in [1.82, 2.24) is 14.1 Å². The number of nitrogens with zero attached hydrogens (tertiary/aromatic N) is 3. The number of amides is 1. The number of para-hydroxylation sites is 4. The largest absolute Gasteiger partial charge is 0.389 e. The van der Waals surface area contributed by atoms with E-state index in [-0.39, 0.29) is 6.42 Å². The maximum Gasteiger partial charge on any atom is 0.225 e. The van der Waals surface area contributed by atoms with Crippen molar-refractivity contribution in [2.75, 3.05) is 0 Å². The number of aliphatic hydroxyl groups is 1. The molecule has 150 valence electrons. The van der Waals surface area contributed by atoms with Crippen LogP contribution in [0.15, 0.2) is 72.8 Å². The Labute approximate surface area is 173 Å². The zero-order chi connectivity index (χ0) is 20.7. The van der Waals surface area contributed by atoms with E-state index >= 15 is 0 Å². The highest BCUT2D eigenvalue weighted by Gasteiger charge is 2.18. The summed E-state index contributed by atoms with van der Waals surface area (Å²) in [6.07, 6.45) is -0.634. The number of nitrogens with two attached hydrogens (primary N) is 1. The lowest BCUT2D eigenvalue weighted by Crippen LogP contribution is -2.25. The first-order chi connectivity index (χ1) is 14.6. The van der Waals surface area contributed by atoms with Crippen molar-refractivity contribution in [2.45, 2.75) is 25.6 Å². The molecule has 0 fully saturated rings. The molecule has 0 aliphatic heterocycles. The third kappa shape index (κ3) is 3.11. The number of rotatable bonds is 6. The predicted molar refractivity (Wildman–Crippen MR) is 118 cm³/mol. The van der Waals surface area contributed by atoms with Gasteiger partial charge < -0.3 is 20.0 Å². The summed E-state index contributed by atoms with van der Waals surface area (Å²) < 4.78 is 4.06. The topological polar surface area (TPSA) is 86.1 Å². The number of primary amides is 1. The van der Waals surface area contributed by atoms with E-state index in [1.165, 1.54) is 10.8 Å². The van der Waals surface area contributed by atoms with E-state index in [0.717, 1.165) is 22.1 Å². The van der Waals surface area contributed by atoms with E-state index in [1.807, 2.05) is 53.1 Å². The van der Waals surface area contributed by atoms with E-state index in [9.17, 15) is 9.90 Å². The number of benzene rings is 3. The molecule has 0 unspecified atom stereocenters. The van der Waals surface area contributed by atoms with Crippen LogP contribution in [0.3, 0.4) is 0 Å². The molecule has 30 heavy (non-hydrogen) atoms. The highest BCUT2D eigenvalue weighted by molar-refractivity contribution is 6.07. The highest BCUT2D eigenvalue weighted by atomic mass is 16.3. The minimum absolute atomic E-state index is 0.0385. The van der Waals surface area contributed by atoms with Crippen LogP contribution in [0, 0.1) is 0 Å². The molecule has 2 heterocycles. The number of aromatic nitrogens is 3. The van der Waals surface area contributed by atoms with Gasteiger partial charge in [0, 0.05) is 21.8 Å². The van der Waals surface area contributed by atoms with Crippen LogP contribution in [0.4, 0.5) is 0 Å². The third-order valence-electron chi connectivity index (χ3n) is 5.53. The molecule has 0 aliphatic carbocycles. The highest BCUT2D eigenvalue weighted by Crippen LogP contribution is 2.29. The number of aliphatic hydroxyl groups excluding tert-OH is 1. The minimum Gasteiger partial charge on any atom is -0.389 e. The van der Waals surface area contributed by atoms with Gasteiger partial charge in [0.15, 0.2) is 0 Å². The monoisotopic (exact) mass is 398 g/mol. The Morgan fingerprint density at radius 1 is 0.833 bits per heavy atom. The molecule has 6 nitrogen and oxygen atoms in total. The van der Waals surface area contributed by atoms with Crippen LogP contribution in [0.5, 0.6) is 0 Å². The molecule has 1 atom stereocenters. The Morgan fingerprint density at radius 2 is 1.37 bits per heavy atom. The quantitative estimate of drug-likeness (QED) is 0.460. The summed E-state index contributed by atoms with van der Waals surface area (Å²) in [6, 6.07) is 24.1. The van der Waals surface area contributed by atoms with Gasteiger partial charge in [0.2, 0.25) is 5.91 Å². The molecular weight excluding hydrogens is 376 g/mol. The number of hydrogen-bond acceptors (Lipinski definition) is 3. The van der Waals surface area contributed by atoms with Crippen molar-refractivity contribution < 1.29 is 9.90 Å². The summed E-state index contributed by atoms with van der Waals surface area (Å²) in [5.74, 6) is 0.133. The van der Waals surface area contributed by atoms with Crippen molar-refractivity contribution >= 4 is 38.7 Å². The van der Waals surface area contributed by atoms with Crippen molar-refractivity contribution in [1.29, 1.82) is 0 Å². The van der Waals surface area contributed by atoms with Crippen LogP contribution in [0.2, 0.25) is 0 Å². The predicted octanol–water partition coefficient (Wildman–Crippen LogP) is 3.23. The van der Waals surface area contributed by atoms with Gasteiger partial charge in [-0.3, -0.25) is 4.79 Å². The van der Waals surface area contributed by atoms with E-state index in [1.54, 1.807) is 0 Å². The minimum atomic E-state index is -0.673. The first kappa shape index (κ1) is 18.4. The SMILES string of the molecule is NC(=O)Cc1nc2ccccc2n1C[C@@H](O)Cn1c2ccccc2c2ccccc21. The molecule has 0 saturated carbocycles. The van der Waals surface area contributed by atoms with Gasteiger partial charge in [-0.2, -0.15) is 0 Å². The van der Waals surface area contributed by atoms with Gasteiger partial charge in [-0.25, -0.2) is 4.98 Å². The van der Waals surface area contributed by atoms with Gasteiger partial charge in [-0.1, -0.05) is 48.5 Å². The molecule has 1 amide bonds. The zero-order valence-corrected chi connectivity index (χ0v) is 16.4. The summed E-state index contributed by atoms with van der Waals surface area (Å²) in [4.78, 5) is 16.1. The van der Waals surface area contributed by atoms with Crippen LogP contribution < -0.4 is 5.73 Å². The average Bonchev–Trinajstić information content (AvgIpc) is 3.24. The second-order valence-corrected chi connectivity index (χ2v) is 7.57. The second-order valence-electron chi connectivity index (χ2n) is 7.57. The number of carbonyl (C=O) groups is 1. The van der Waals surface area contributed by atoms with Crippen LogP contribution in [-0.4, -0.2) is 31.2 Å². The average molecular weight is 398 g/mol. The van der Waals surface area contributed by atoms with E-state index in [4.69, 9.17) is 5.73 Å². The fraction of sp³-hybridized carbons (Fsp3) is 0.167. The summed E-state index contributed by atoms with van der Waals surface area (Å²) in [7, 11) is 0. The van der Waals surface area contributed by atoms with Gasteiger partial charge in [0.1, 0.15) is 5.82 Å². The number of carbonyl (C=O) groups excluding carboxylic acids is 1. The van der Waals surface area contributed by atoms with Gasteiger partial charge >= 0.3 is 0 Å². The molecule has 0 bridgehead atoms. The fourth-order valence-electron chi connectivity index (χ4n) is 4.30. The van der Waals surface area contributed by atoms with Crippen molar-refractivity contribution in [2.24, 2.45) is 5.73 Å². The molecular formula is C24H22N4O2. The van der Waals surface area contributed by atoms with E-state index in [2.05, 4.69) is 33.8 Å². The summed E-state index contributed by atoms with van der Waals surface area (Å²) in [5.41, 5.74) is 9.27. The summed E-state index contributed by atoms with van der Waals surface area (Å²) in [5, 5.41) is 13.4. The van der Waals surface area contributed by atoms with E-state index in [0.29, 0.717) is 18.9 Å². The smallest absolute Gasteiger partial charge is 0.225 e. The van der Waals surface area contributed by atoms with E-state index < -0.39 is 12.0 Å². The van der Waals surface area contributed by atoms with Crippen LogP contribution >= 0.6 is 0 Å². The Kier molecular flexibility index (Phi) is 4.48. The number of hydrogen-bond donors (Lipinski definition) is 2. The van der Waals surface area contributed by atoms with Crippen molar-refractivity contribution in [3.63, 3.8) is 0 Å². The Balaban J connectivity index is 1.53. The summed E-state index contributed by atoms with van der Waals surface area (Å²) >= 11 is 0. The first-order valence-corrected chi connectivity index (χ1v) is 9.98. The standard InChI is InChI=1S/C24H22N4O2/c25-23(30)13-24-26-19-9-3-6-12-22(19)28(24)15-16(29)14-27-20-10-4-1-7-17(20)18-8-2-5-11-21(18)27/h1-12,16,29H,13-15H2,(H2,25,30)/t16-/m0/s1. The molecule has 0 aliphatic rings. The molecule has 0 spiro atoms. The molecule has 3 N–H and O–H groups in total. The zero-order valence-electron chi connectivity index (χ0n) is 16.4. The maximum atomic E-state index is 11.5. The van der Waals surface area contributed by atoms with Crippen LogP contribution in [0.1, 0.15) is 5.82 Å². The summed E-state index contributed by atoms with van der Waals surface area (Å²) in [6.45, 7) is 0.751. The lowest BCUT2D eigenvalue weighted by Gasteiger charge is -2.17. The molecule has 3 aromatic carbocycles. The molecule has 0 saturated heterocycles. The normalized spacial score (nSPS) is 12.7. The Bertz CT molecular complexity index is 1330. The van der Waals surface area contributed by atoms with Gasteiger partial charge in [0.25, 0.3) is 0 Å². The van der Waals surface area contributed by atoms with Gasteiger partial charge in [-0.05, 0) is 24.3 Å². The molecule has 5 rings (SSSR count). The lowest BCUT2D eigenvalue weighted by molar-refractivity contribution is -0.117. The number of imidazole rings is 1. The van der Waals surface area contributed by atoms with Crippen LogP contribution in [0.25, 0.3) is 32.8 Å². The van der Waals surface area contributed by atoms with Gasteiger partial charge in [-0.15, -0.1) is 0 Å². The van der Waals surface area contributed by atoms with Crippen molar-refractivity contribution in [3.05, 3.63) is 78.6 Å². The molecule has 2 aromatic heterocycles. The molecule has 0 radical (unpaired) electrons. The Hall–Kier alpha value is -3.64. The van der Waals surface area contributed by atoms with Crippen molar-refractivity contribution in [3.8, 4) is 0 Å².